The van der Waals surface area contributed by atoms with Crippen LogP contribution >= 0.6 is 0 Å². The van der Waals surface area contributed by atoms with Crippen LogP contribution in [0.3, 0.4) is 0 Å². The molecule has 0 fully saturated rings. The Hall–Kier alpha value is -3.66. The van der Waals surface area contributed by atoms with E-state index in [1.807, 2.05) is 70.2 Å². The van der Waals surface area contributed by atoms with E-state index in [-0.39, 0.29) is 16.9 Å². The van der Waals surface area contributed by atoms with Crippen LogP contribution in [0.1, 0.15) is 32.6 Å². The van der Waals surface area contributed by atoms with E-state index < -0.39 is 5.97 Å². The normalized spacial score (nSPS) is 10.9. The second-order valence-corrected chi connectivity index (χ2v) is 7.64. The fraction of sp³-hybridized carbons (Fsp3) is 0.154. The fourth-order valence-corrected chi connectivity index (χ4v) is 3.26. The molecule has 1 heterocycles. The Morgan fingerprint density at radius 1 is 0.800 bits per heavy atom. The fourth-order valence-electron chi connectivity index (χ4n) is 3.26. The molecule has 4 nitrogen and oxygen atoms in total. The number of rotatable bonds is 3. The van der Waals surface area contributed by atoms with Gasteiger partial charge in [-0.05, 0) is 63.1 Å². The molecule has 0 amide bonds. The zero-order valence-electron chi connectivity index (χ0n) is 17.4. The Kier molecular flexibility index (Phi) is 5.00. The van der Waals surface area contributed by atoms with Crippen molar-refractivity contribution in [2.24, 2.45) is 0 Å². The SMILES string of the molecule is Cc1ccc(C(=O)Oc2c(-c3ccc(C)cc3)oc3cc(C)c(C)cc3c2=O)cc1. The van der Waals surface area contributed by atoms with Crippen molar-refractivity contribution in [3.8, 4) is 17.1 Å². The van der Waals surface area contributed by atoms with Gasteiger partial charge >= 0.3 is 5.97 Å². The summed E-state index contributed by atoms with van der Waals surface area (Å²) in [6.07, 6.45) is 0. The summed E-state index contributed by atoms with van der Waals surface area (Å²) in [5, 5.41) is 0.390. The second-order valence-electron chi connectivity index (χ2n) is 7.64. The van der Waals surface area contributed by atoms with Crippen LogP contribution in [0.15, 0.2) is 69.9 Å². The lowest BCUT2D eigenvalue weighted by Gasteiger charge is -2.12. The van der Waals surface area contributed by atoms with E-state index in [0.29, 0.717) is 22.1 Å². The molecule has 0 aliphatic rings. The Balaban J connectivity index is 1.92. The summed E-state index contributed by atoms with van der Waals surface area (Å²) < 4.78 is 11.7. The van der Waals surface area contributed by atoms with Gasteiger partial charge in [-0.15, -0.1) is 0 Å². The average Bonchev–Trinajstić information content (AvgIpc) is 2.72. The first-order valence-electron chi connectivity index (χ1n) is 9.77. The molecule has 0 unspecified atom stereocenters. The number of fused-ring (bicyclic) bond motifs is 1. The summed E-state index contributed by atoms with van der Waals surface area (Å²) in [6, 6.07) is 18.2. The van der Waals surface area contributed by atoms with Gasteiger partial charge in [0.2, 0.25) is 11.2 Å². The van der Waals surface area contributed by atoms with Gasteiger partial charge in [0.15, 0.2) is 5.76 Å². The van der Waals surface area contributed by atoms with Crippen LogP contribution in [-0.2, 0) is 0 Å². The summed E-state index contributed by atoms with van der Waals surface area (Å²) in [7, 11) is 0. The van der Waals surface area contributed by atoms with Gasteiger partial charge in [0, 0.05) is 5.56 Å². The third-order valence-electron chi connectivity index (χ3n) is 5.26. The number of ether oxygens (including phenoxy) is 1. The minimum Gasteiger partial charge on any atom is -0.452 e. The van der Waals surface area contributed by atoms with Gasteiger partial charge in [0.1, 0.15) is 5.58 Å². The van der Waals surface area contributed by atoms with Crippen molar-refractivity contribution < 1.29 is 13.9 Å². The number of benzene rings is 3. The summed E-state index contributed by atoms with van der Waals surface area (Å²) >= 11 is 0. The Morgan fingerprint density at radius 2 is 1.37 bits per heavy atom. The molecule has 0 N–H and O–H groups in total. The first-order chi connectivity index (χ1) is 14.3. The van der Waals surface area contributed by atoms with Crippen LogP contribution in [0, 0.1) is 27.7 Å². The van der Waals surface area contributed by atoms with Crippen LogP contribution in [0.2, 0.25) is 0 Å². The molecule has 4 aromatic rings. The van der Waals surface area contributed by atoms with Gasteiger partial charge in [-0.25, -0.2) is 4.79 Å². The first kappa shape index (κ1) is 19.6. The van der Waals surface area contributed by atoms with E-state index in [4.69, 9.17) is 9.15 Å². The van der Waals surface area contributed by atoms with Crippen molar-refractivity contribution in [3.05, 3.63) is 98.7 Å². The topological polar surface area (TPSA) is 56.5 Å². The monoisotopic (exact) mass is 398 g/mol. The van der Waals surface area contributed by atoms with E-state index in [9.17, 15) is 9.59 Å². The molecule has 3 aromatic carbocycles. The Morgan fingerprint density at radius 3 is 2.00 bits per heavy atom. The van der Waals surface area contributed by atoms with Crippen LogP contribution < -0.4 is 10.2 Å². The molecule has 0 spiro atoms. The molecule has 0 bridgehead atoms. The van der Waals surface area contributed by atoms with E-state index in [0.717, 1.165) is 22.3 Å². The highest BCUT2D eigenvalue weighted by atomic mass is 16.5. The van der Waals surface area contributed by atoms with Gasteiger partial charge in [-0.3, -0.25) is 4.79 Å². The first-order valence-corrected chi connectivity index (χ1v) is 9.77. The molecule has 150 valence electrons. The van der Waals surface area contributed by atoms with Crippen LogP contribution in [0.5, 0.6) is 5.75 Å². The summed E-state index contributed by atoms with van der Waals surface area (Å²) in [5.74, 6) is -0.449. The van der Waals surface area contributed by atoms with Gasteiger partial charge in [0.05, 0.1) is 10.9 Å². The zero-order valence-corrected chi connectivity index (χ0v) is 17.4. The van der Waals surface area contributed by atoms with Gasteiger partial charge in [0.25, 0.3) is 0 Å². The Bertz CT molecular complexity index is 1310. The lowest BCUT2D eigenvalue weighted by Crippen LogP contribution is -2.16. The molecule has 4 heteroatoms. The van der Waals surface area contributed by atoms with E-state index in [2.05, 4.69) is 0 Å². The number of carbonyl (C=O) groups excluding carboxylic acids is 1. The van der Waals surface area contributed by atoms with Crippen molar-refractivity contribution in [1.82, 2.24) is 0 Å². The quantitative estimate of drug-likeness (QED) is 0.402. The van der Waals surface area contributed by atoms with E-state index in [1.165, 1.54) is 0 Å². The molecule has 1 aromatic heterocycles. The molecule has 0 aliphatic heterocycles. The molecular formula is C26H22O4. The summed E-state index contributed by atoms with van der Waals surface area (Å²) in [4.78, 5) is 26.1. The lowest BCUT2D eigenvalue weighted by atomic mass is 10.0. The highest BCUT2D eigenvalue weighted by molar-refractivity contribution is 5.93. The van der Waals surface area contributed by atoms with Crippen molar-refractivity contribution in [2.45, 2.75) is 27.7 Å². The molecule has 0 atom stereocenters. The highest BCUT2D eigenvalue weighted by Gasteiger charge is 2.21. The minimum absolute atomic E-state index is 0.0971. The van der Waals surface area contributed by atoms with Crippen molar-refractivity contribution in [1.29, 1.82) is 0 Å². The lowest BCUT2D eigenvalue weighted by molar-refractivity contribution is 0.0731. The highest BCUT2D eigenvalue weighted by Crippen LogP contribution is 2.32. The molecule has 0 aliphatic carbocycles. The van der Waals surface area contributed by atoms with Crippen molar-refractivity contribution in [2.75, 3.05) is 0 Å². The minimum atomic E-state index is -0.598. The number of aryl methyl sites for hydroxylation is 4. The summed E-state index contributed by atoms with van der Waals surface area (Å²) in [5.41, 5.74) is 5.23. The smallest absolute Gasteiger partial charge is 0.343 e. The van der Waals surface area contributed by atoms with Crippen molar-refractivity contribution in [3.63, 3.8) is 0 Å². The number of esters is 1. The second kappa shape index (κ2) is 7.64. The third kappa shape index (κ3) is 3.64. The van der Waals surface area contributed by atoms with Crippen LogP contribution in [0.25, 0.3) is 22.3 Å². The number of carbonyl (C=O) groups is 1. The van der Waals surface area contributed by atoms with Crippen LogP contribution in [-0.4, -0.2) is 5.97 Å². The maximum atomic E-state index is 13.3. The number of hydrogen-bond acceptors (Lipinski definition) is 4. The largest absolute Gasteiger partial charge is 0.452 e. The maximum absolute atomic E-state index is 13.3. The molecule has 0 saturated heterocycles. The summed E-state index contributed by atoms with van der Waals surface area (Å²) in [6.45, 7) is 7.81. The third-order valence-corrected chi connectivity index (χ3v) is 5.26. The van der Waals surface area contributed by atoms with Gasteiger partial charge in [-0.2, -0.15) is 0 Å². The Labute approximate surface area is 174 Å². The van der Waals surface area contributed by atoms with E-state index >= 15 is 0 Å². The molecule has 0 radical (unpaired) electrons. The standard InChI is InChI=1S/C26H22O4/c1-15-5-9-19(10-6-15)24-25(30-26(28)20-11-7-16(2)8-12-20)23(27)21-13-17(3)18(4)14-22(21)29-24/h5-14H,1-4H3. The predicted octanol–water partition coefficient (Wildman–Crippen LogP) is 5.91. The molecule has 4 rings (SSSR count). The number of hydrogen-bond donors (Lipinski definition) is 0. The van der Waals surface area contributed by atoms with Crippen LogP contribution in [0.4, 0.5) is 0 Å². The van der Waals surface area contributed by atoms with E-state index in [1.54, 1.807) is 18.2 Å². The average molecular weight is 398 g/mol. The van der Waals surface area contributed by atoms with Gasteiger partial charge in [-0.1, -0.05) is 47.5 Å². The van der Waals surface area contributed by atoms with Gasteiger partial charge < -0.3 is 9.15 Å². The van der Waals surface area contributed by atoms with Crippen molar-refractivity contribution >= 4 is 16.9 Å². The molecule has 30 heavy (non-hydrogen) atoms. The molecule has 0 saturated carbocycles. The maximum Gasteiger partial charge on any atom is 0.343 e. The zero-order chi connectivity index (χ0) is 21.4. The predicted molar refractivity (Wildman–Crippen MR) is 118 cm³/mol. The molecular weight excluding hydrogens is 376 g/mol.